The van der Waals surface area contributed by atoms with Gasteiger partial charge in [0.1, 0.15) is 0 Å². The average Bonchev–Trinajstić information content (AvgIpc) is 2.55. The maximum absolute atomic E-state index is 12.1. The van der Waals surface area contributed by atoms with Crippen LogP contribution in [-0.2, 0) is 22.9 Å². The Kier molecular flexibility index (Phi) is 5.42. The molecule has 0 bridgehead atoms. The highest BCUT2D eigenvalue weighted by Gasteiger charge is 2.29. The third-order valence-corrected chi connectivity index (χ3v) is 7.62. The third-order valence-electron chi connectivity index (χ3n) is 5.54. The molecule has 3 nitrogen and oxygen atoms in total. The summed E-state index contributed by atoms with van der Waals surface area (Å²) < 4.78 is 26.0. The number of rotatable bonds is 5. The lowest BCUT2D eigenvalue weighted by molar-refractivity contribution is 0.229. The zero-order valence-electron chi connectivity index (χ0n) is 14.2. The molecule has 0 spiro atoms. The number of fused-ring (bicyclic) bond motifs is 1. The molecule has 23 heavy (non-hydrogen) atoms. The van der Waals surface area contributed by atoms with Gasteiger partial charge in [0.15, 0.2) is 0 Å². The molecule has 1 unspecified atom stereocenters. The molecule has 1 aromatic rings. The number of hydrogen-bond donors (Lipinski definition) is 0. The van der Waals surface area contributed by atoms with Crippen LogP contribution in [0.2, 0.25) is 0 Å². The molecule has 0 N–H and O–H groups in total. The largest absolute Gasteiger partial charge is 0.214 e. The molecule has 1 atom stereocenters. The van der Waals surface area contributed by atoms with Crippen LogP contribution in [0.3, 0.4) is 0 Å². The van der Waals surface area contributed by atoms with Gasteiger partial charge >= 0.3 is 0 Å². The molecule has 128 valence electrons. The minimum atomic E-state index is -3.00. The zero-order valence-corrected chi connectivity index (χ0v) is 15.0. The number of benzene rings is 1. The highest BCUT2D eigenvalue weighted by Crippen LogP contribution is 2.33. The van der Waals surface area contributed by atoms with Crippen molar-refractivity contribution in [1.82, 2.24) is 4.31 Å². The van der Waals surface area contributed by atoms with E-state index in [4.69, 9.17) is 0 Å². The van der Waals surface area contributed by atoms with Crippen LogP contribution in [0, 0.1) is 11.8 Å². The first-order chi connectivity index (χ1) is 11.1. The Balaban J connectivity index is 1.50. The van der Waals surface area contributed by atoms with Gasteiger partial charge in [-0.05, 0) is 67.9 Å². The Labute approximate surface area is 141 Å². The van der Waals surface area contributed by atoms with Crippen LogP contribution in [0.5, 0.6) is 0 Å². The van der Waals surface area contributed by atoms with Gasteiger partial charge in [0, 0.05) is 13.1 Å². The van der Waals surface area contributed by atoms with E-state index in [1.54, 1.807) is 4.31 Å². The van der Waals surface area contributed by atoms with Gasteiger partial charge in [-0.1, -0.05) is 31.2 Å². The third kappa shape index (κ3) is 4.16. The predicted molar refractivity (Wildman–Crippen MR) is 94.9 cm³/mol. The molecule has 3 rings (SSSR count). The van der Waals surface area contributed by atoms with Gasteiger partial charge in [-0.2, -0.15) is 0 Å². The Bertz CT molecular complexity index is 618. The molecule has 1 aliphatic heterocycles. The van der Waals surface area contributed by atoms with Crippen molar-refractivity contribution in [2.75, 3.05) is 18.8 Å². The Morgan fingerprint density at radius 3 is 2.43 bits per heavy atom. The van der Waals surface area contributed by atoms with Crippen LogP contribution in [0.1, 0.15) is 50.2 Å². The van der Waals surface area contributed by atoms with Gasteiger partial charge in [-0.25, -0.2) is 12.7 Å². The number of piperidine rings is 1. The standard InChI is InChI=1S/C19H29NO2S/c1-2-13-23(21,22)20-11-9-16(10-12-20)14-17-7-8-18-5-3-4-6-19(18)15-17/h3-6,16-17H,2,7-15H2,1H3. The minimum Gasteiger partial charge on any atom is -0.212 e. The van der Waals surface area contributed by atoms with Crippen molar-refractivity contribution in [3.63, 3.8) is 0 Å². The summed E-state index contributed by atoms with van der Waals surface area (Å²) in [6, 6.07) is 8.84. The fourth-order valence-corrected chi connectivity index (χ4v) is 5.80. The molecular weight excluding hydrogens is 306 g/mol. The summed E-state index contributed by atoms with van der Waals surface area (Å²) in [6.07, 6.45) is 7.79. The van der Waals surface area contributed by atoms with Gasteiger partial charge in [-0.3, -0.25) is 0 Å². The van der Waals surface area contributed by atoms with Crippen molar-refractivity contribution in [1.29, 1.82) is 0 Å². The maximum atomic E-state index is 12.1. The van der Waals surface area contributed by atoms with Crippen LogP contribution >= 0.6 is 0 Å². The van der Waals surface area contributed by atoms with Crippen molar-refractivity contribution >= 4 is 10.0 Å². The normalized spacial score (nSPS) is 23.6. The van der Waals surface area contributed by atoms with Crippen LogP contribution in [0.15, 0.2) is 24.3 Å². The molecule has 2 aliphatic rings. The second-order valence-electron chi connectivity index (χ2n) is 7.27. The quantitative estimate of drug-likeness (QED) is 0.824. The van der Waals surface area contributed by atoms with Crippen molar-refractivity contribution in [2.45, 2.75) is 51.9 Å². The van der Waals surface area contributed by atoms with Crippen molar-refractivity contribution in [3.8, 4) is 0 Å². The average molecular weight is 336 g/mol. The number of hydrogen-bond acceptors (Lipinski definition) is 2. The van der Waals surface area contributed by atoms with E-state index in [1.165, 1.54) is 36.8 Å². The van der Waals surface area contributed by atoms with E-state index in [2.05, 4.69) is 24.3 Å². The molecule has 1 heterocycles. The second kappa shape index (κ2) is 7.35. The summed E-state index contributed by atoms with van der Waals surface area (Å²) in [7, 11) is -3.00. The first-order valence-corrected chi connectivity index (χ1v) is 10.7. The van der Waals surface area contributed by atoms with Gasteiger partial charge in [-0.15, -0.1) is 0 Å². The Morgan fingerprint density at radius 2 is 1.74 bits per heavy atom. The van der Waals surface area contributed by atoms with Crippen molar-refractivity contribution in [2.24, 2.45) is 11.8 Å². The van der Waals surface area contributed by atoms with E-state index < -0.39 is 10.0 Å². The van der Waals surface area contributed by atoms with Crippen LogP contribution in [-0.4, -0.2) is 31.6 Å². The lowest BCUT2D eigenvalue weighted by Gasteiger charge is -2.34. The topological polar surface area (TPSA) is 37.4 Å². The summed E-state index contributed by atoms with van der Waals surface area (Å²) in [5, 5.41) is 0. The molecule has 0 saturated carbocycles. The monoisotopic (exact) mass is 335 g/mol. The fourth-order valence-electron chi connectivity index (χ4n) is 4.26. The number of aryl methyl sites for hydroxylation is 1. The van der Waals surface area contributed by atoms with Crippen LogP contribution in [0.4, 0.5) is 0 Å². The summed E-state index contributed by atoms with van der Waals surface area (Å²) in [6.45, 7) is 3.40. The number of nitrogens with zero attached hydrogens (tertiary/aromatic N) is 1. The second-order valence-corrected chi connectivity index (χ2v) is 9.36. The number of sulfonamides is 1. The van der Waals surface area contributed by atoms with E-state index in [0.717, 1.165) is 31.8 Å². The lowest BCUT2D eigenvalue weighted by atomic mass is 9.77. The summed E-state index contributed by atoms with van der Waals surface area (Å²) in [5.74, 6) is 1.80. The summed E-state index contributed by atoms with van der Waals surface area (Å²) in [5.41, 5.74) is 3.07. The van der Waals surface area contributed by atoms with Crippen molar-refractivity contribution < 1.29 is 8.42 Å². The zero-order chi connectivity index (χ0) is 16.3. The molecular formula is C19H29NO2S. The first-order valence-electron chi connectivity index (χ1n) is 9.13. The van der Waals surface area contributed by atoms with Gasteiger partial charge < -0.3 is 0 Å². The minimum absolute atomic E-state index is 0.303. The first kappa shape index (κ1) is 17.0. The molecule has 0 aromatic heterocycles. The van der Waals surface area contributed by atoms with Gasteiger partial charge in [0.25, 0.3) is 0 Å². The van der Waals surface area contributed by atoms with Crippen molar-refractivity contribution in [3.05, 3.63) is 35.4 Å². The summed E-state index contributed by atoms with van der Waals surface area (Å²) in [4.78, 5) is 0. The summed E-state index contributed by atoms with van der Waals surface area (Å²) >= 11 is 0. The molecule has 1 aromatic carbocycles. The van der Waals surface area contributed by atoms with E-state index in [-0.39, 0.29) is 0 Å². The smallest absolute Gasteiger partial charge is 0.212 e. The SMILES string of the molecule is CCCS(=O)(=O)N1CCC(CC2CCc3ccccc3C2)CC1. The highest BCUT2D eigenvalue weighted by atomic mass is 32.2. The molecule has 1 saturated heterocycles. The van der Waals surface area contributed by atoms with E-state index in [9.17, 15) is 8.42 Å². The predicted octanol–water partition coefficient (Wildman–Crippen LogP) is 3.63. The molecule has 0 amide bonds. The van der Waals surface area contributed by atoms with E-state index in [0.29, 0.717) is 18.1 Å². The van der Waals surface area contributed by atoms with Gasteiger partial charge in [0.2, 0.25) is 10.0 Å². The molecule has 1 aliphatic carbocycles. The molecule has 1 fully saturated rings. The fraction of sp³-hybridized carbons (Fsp3) is 0.684. The van der Waals surface area contributed by atoms with Crippen LogP contribution < -0.4 is 0 Å². The highest BCUT2D eigenvalue weighted by molar-refractivity contribution is 7.89. The Hall–Kier alpha value is -0.870. The lowest BCUT2D eigenvalue weighted by Crippen LogP contribution is -2.40. The molecule has 0 radical (unpaired) electrons. The Morgan fingerprint density at radius 1 is 1.04 bits per heavy atom. The van der Waals surface area contributed by atoms with E-state index >= 15 is 0 Å². The maximum Gasteiger partial charge on any atom is 0.214 e. The van der Waals surface area contributed by atoms with Crippen LogP contribution in [0.25, 0.3) is 0 Å². The van der Waals surface area contributed by atoms with E-state index in [1.807, 2.05) is 6.92 Å². The molecule has 4 heteroatoms. The van der Waals surface area contributed by atoms with Gasteiger partial charge in [0.05, 0.1) is 5.75 Å².